The van der Waals surface area contributed by atoms with Gasteiger partial charge in [0.15, 0.2) is 11.6 Å². The zero-order valence-corrected chi connectivity index (χ0v) is 10.9. The number of nitriles is 2. The van der Waals surface area contributed by atoms with Gasteiger partial charge in [-0.3, -0.25) is 0 Å². The average molecular weight is 271 g/mol. The van der Waals surface area contributed by atoms with Crippen LogP contribution in [0.5, 0.6) is 5.75 Å². The molecule has 1 fully saturated rings. The molecule has 20 heavy (non-hydrogen) atoms. The monoisotopic (exact) mass is 271 g/mol. The highest BCUT2D eigenvalue weighted by Gasteiger charge is 2.20. The number of halogens is 1. The maximum atomic E-state index is 13.9. The minimum absolute atomic E-state index is 0.0304. The summed E-state index contributed by atoms with van der Waals surface area (Å²) in [5.74, 6) is -0.309. The Hall–Kier alpha value is -2.53. The number of nitrogens with zero attached hydrogens (tertiary/aromatic N) is 2. The Labute approximate surface area is 117 Å². The van der Waals surface area contributed by atoms with Crippen LogP contribution in [0.15, 0.2) is 30.0 Å². The van der Waals surface area contributed by atoms with Gasteiger partial charge >= 0.3 is 0 Å². The molecular weight excluding hydrogens is 257 g/mol. The smallest absolute Gasteiger partial charge is 0.178 e. The summed E-state index contributed by atoms with van der Waals surface area (Å²) in [7, 11) is 0. The Kier molecular flexibility index (Phi) is 4.57. The Bertz CT molecular complexity index is 576. The first-order valence-electron chi connectivity index (χ1n) is 6.46. The van der Waals surface area contributed by atoms with Crippen molar-refractivity contribution in [3.63, 3.8) is 0 Å². The zero-order valence-electron chi connectivity index (χ0n) is 10.9. The molecule has 0 aromatic heterocycles. The molecule has 0 amide bonds. The van der Waals surface area contributed by atoms with E-state index in [9.17, 15) is 4.39 Å². The second-order valence-electron chi connectivity index (χ2n) is 4.57. The standard InChI is InChI=1S/C15H14FN3O/c16-13-6-3-7-14(19-10-11(8-17)9-18)15(13)20-12-4-1-2-5-12/h3,6-7,10,12,19H,1-2,4-5H2. The van der Waals surface area contributed by atoms with Gasteiger partial charge in [0.05, 0.1) is 11.8 Å². The largest absolute Gasteiger partial charge is 0.485 e. The molecule has 0 aliphatic heterocycles. The van der Waals surface area contributed by atoms with E-state index in [-0.39, 0.29) is 17.4 Å². The molecular formula is C15H14FN3O. The number of benzene rings is 1. The van der Waals surface area contributed by atoms with E-state index in [4.69, 9.17) is 15.3 Å². The van der Waals surface area contributed by atoms with Gasteiger partial charge in [0.25, 0.3) is 0 Å². The molecule has 2 rings (SSSR count). The minimum Gasteiger partial charge on any atom is -0.485 e. The molecule has 102 valence electrons. The summed E-state index contributed by atoms with van der Waals surface area (Å²) in [5.41, 5.74) is 0.334. The van der Waals surface area contributed by atoms with Crippen LogP contribution in [0, 0.1) is 28.5 Å². The van der Waals surface area contributed by atoms with E-state index in [0.29, 0.717) is 5.69 Å². The van der Waals surface area contributed by atoms with E-state index in [1.165, 1.54) is 12.3 Å². The van der Waals surface area contributed by atoms with Crippen LogP contribution in [-0.2, 0) is 0 Å². The number of nitrogens with one attached hydrogen (secondary N) is 1. The first kappa shape index (κ1) is 13.9. The molecule has 1 aromatic rings. The van der Waals surface area contributed by atoms with Gasteiger partial charge in [-0.1, -0.05) is 6.07 Å². The fourth-order valence-electron chi connectivity index (χ4n) is 2.15. The molecule has 4 nitrogen and oxygen atoms in total. The highest BCUT2D eigenvalue weighted by atomic mass is 19.1. The summed E-state index contributed by atoms with van der Waals surface area (Å²) >= 11 is 0. The Balaban J connectivity index is 2.20. The molecule has 0 spiro atoms. The molecule has 1 aliphatic carbocycles. The first-order valence-corrected chi connectivity index (χ1v) is 6.46. The predicted molar refractivity (Wildman–Crippen MR) is 72.2 cm³/mol. The van der Waals surface area contributed by atoms with Gasteiger partial charge in [-0.25, -0.2) is 4.39 Å². The molecule has 0 bridgehead atoms. The van der Waals surface area contributed by atoms with Crippen LogP contribution in [0.1, 0.15) is 25.7 Å². The fraction of sp³-hybridized carbons (Fsp3) is 0.333. The van der Waals surface area contributed by atoms with Gasteiger partial charge in [-0.15, -0.1) is 0 Å². The van der Waals surface area contributed by atoms with Gasteiger partial charge in [0, 0.05) is 6.20 Å². The van der Waals surface area contributed by atoms with Crippen molar-refractivity contribution in [2.24, 2.45) is 0 Å². The van der Waals surface area contributed by atoms with Crippen LogP contribution in [0.2, 0.25) is 0 Å². The van der Waals surface area contributed by atoms with E-state index in [1.54, 1.807) is 24.3 Å². The highest BCUT2D eigenvalue weighted by molar-refractivity contribution is 5.59. The Morgan fingerprint density at radius 3 is 2.65 bits per heavy atom. The van der Waals surface area contributed by atoms with E-state index in [0.717, 1.165) is 25.7 Å². The third kappa shape index (κ3) is 3.27. The molecule has 0 unspecified atom stereocenters. The van der Waals surface area contributed by atoms with Crippen LogP contribution in [0.25, 0.3) is 0 Å². The molecule has 0 saturated heterocycles. The minimum atomic E-state index is -0.453. The number of ether oxygens (including phenoxy) is 1. The van der Waals surface area contributed by atoms with Crippen molar-refractivity contribution in [3.8, 4) is 17.9 Å². The predicted octanol–water partition coefficient (Wildman–Crippen LogP) is 3.49. The summed E-state index contributed by atoms with van der Waals surface area (Å²) in [6, 6.07) is 7.99. The summed E-state index contributed by atoms with van der Waals surface area (Å²) in [4.78, 5) is 0. The van der Waals surface area contributed by atoms with Crippen molar-refractivity contribution in [1.82, 2.24) is 0 Å². The second kappa shape index (κ2) is 6.58. The van der Waals surface area contributed by atoms with Gasteiger partial charge in [0.1, 0.15) is 17.7 Å². The van der Waals surface area contributed by atoms with Crippen molar-refractivity contribution in [1.29, 1.82) is 10.5 Å². The summed E-state index contributed by atoms with van der Waals surface area (Å²) in [5, 5.41) is 20.1. The maximum Gasteiger partial charge on any atom is 0.178 e. The van der Waals surface area contributed by atoms with E-state index in [1.807, 2.05) is 0 Å². The molecule has 1 aromatic carbocycles. The normalized spacial score (nSPS) is 14.2. The highest BCUT2D eigenvalue weighted by Crippen LogP contribution is 2.32. The number of hydrogen-bond donors (Lipinski definition) is 1. The van der Waals surface area contributed by atoms with Gasteiger partial charge in [-0.05, 0) is 37.8 Å². The van der Waals surface area contributed by atoms with Crippen LogP contribution in [-0.4, -0.2) is 6.10 Å². The maximum absolute atomic E-state index is 13.9. The van der Waals surface area contributed by atoms with Crippen molar-refractivity contribution >= 4 is 5.69 Å². The number of allylic oxidation sites excluding steroid dienone is 1. The van der Waals surface area contributed by atoms with E-state index >= 15 is 0 Å². The number of rotatable bonds is 4. The summed E-state index contributed by atoms with van der Waals surface area (Å²) < 4.78 is 19.6. The quantitative estimate of drug-likeness (QED) is 0.851. The first-order chi connectivity index (χ1) is 9.74. The molecule has 1 saturated carbocycles. The lowest BCUT2D eigenvalue weighted by Gasteiger charge is -2.17. The lowest BCUT2D eigenvalue weighted by atomic mass is 10.2. The fourth-order valence-corrected chi connectivity index (χ4v) is 2.15. The lowest BCUT2D eigenvalue weighted by Crippen LogP contribution is -2.13. The summed E-state index contributed by atoms with van der Waals surface area (Å²) in [6.07, 6.45) is 5.30. The van der Waals surface area contributed by atoms with Crippen LogP contribution in [0.3, 0.4) is 0 Å². The van der Waals surface area contributed by atoms with E-state index < -0.39 is 5.82 Å². The molecule has 0 radical (unpaired) electrons. The molecule has 5 heteroatoms. The lowest BCUT2D eigenvalue weighted by molar-refractivity contribution is 0.202. The van der Waals surface area contributed by atoms with Gasteiger partial charge < -0.3 is 10.1 Å². The van der Waals surface area contributed by atoms with Gasteiger partial charge in [0.2, 0.25) is 0 Å². The third-order valence-corrected chi connectivity index (χ3v) is 3.17. The third-order valence-electron chi connectivity index (χ3n) is 3.17. The second-order valence-corrected chi connectivity index (χ2v) is 4.57. The van der Waals surface area contributed by atoms with Crippen molar-refractivity contribution in [2.45, 2.75) is 31.8 Å². The van der Waals surface area contributed by atoms with Crippen molar-refractivity contribution in [3.05, 3.63) is 35.8 Å². The van der Waals surface area contributed by atoms with Crippen molar-refractivity contribution < 1.29 is 9.13 Å². The average Bonchev–Trinajstić information content (AvgIpc) is 2.96. The molecule has 1 aliphatic rings. The van der Waals surface area contributed by atoms with Crippen LogP contribution < -0.4 is 10.1 Å². The van der Waals surface area contributed by atoms with E-state index in [2.05, 4.69) is 5.32 Å². The SMILES string of the molecule is N#CC(C#N)=CNc1cccc(F)c1OC1CCCC1. The number of anilines is 1. The Morgan fingerprint density at radius 2 is 2.00 bits per heavy atom. The molecule has 1 N–H and O–H groups in total. The van der Waals surface area contributed by atoms with Crippen molar-refractivity contribution in [2.75, 3.05) is 5.32 Å². The topological polar surface area (TPSA) is 68.8 Å². The van der Waals surface area contributed by atoms with Crippen LogP contribution >= 0.6 is 0 Å². The van der Waals surface area contributed by atoms with Crippen LogP contribution in [0.4, 0.5) is 10.1 Å². The molecule has 0 atom stereocenters. The van der Waals surface area contributed by atoms with Gasteiger partial charge in [-0.2, -0.15) is 10.5 Å². The Morgan fingerprint density at radius 1 is 1.30 bits per heavy atom. The summed E-state index contributed by atoms with van der Waals surface area (Å²) in [6.45, 7) is 0. The number of para-hydroxylation sites is 1. The number of hydrogen-bond acceptors (Lipinski definition) is 4. The zero-order chi connectivity index (χ0) is 14.4. The molecule has 0 heterocycles.